The van der Waals surface area contributed by atoms with Crippen LogP contribution >= 0.6 is 0 Å². The summed E-state index contributed by atoms with van der Waals surface area (Å²) in [7, 11) is 7.65. The molecule has 1 aromatic rings. The van der Waals surface area contributed by atoms with E-state index in [1.54, 1.807) is 7.11 Å². The zero-order valence-corrected chi connectivity index (χ0v) is 17.4. The Balaban J connectivity index is 2.43. The third kappa shape index (κ3) is 10.0. The molecule has 0 aliphatic heterocycles. The Kier molecular flexibility index (Phi) is 12.0. The van der Waals surface area contributed by atoms with Crippen molar-refractivity contribution >= 4 is 5.96 Å². The highest BCUT2D eigenvalue weighted by Gasteiger charge is 2.06. The maximum Gasteiger partial charge on any atom is 0.193 e. The molecule has 6 heteroatoms. The molecule has 6 nitrogen and oxygen atoms in total. The van der Waals surface area contributed by atoms with E-state index in [1.165, 1.54) is 5.56 Å². The van der Waals surface area contributed by atoms with Crippen molar-refractivity contribution in [1.82, 2.24) is 15.1 Å². The van der Waals surface area contributed by atoms with Crippen molar-refractivity contribution in [3.63, 3.8) is 0 Å². The summed E-state index contributed by atoms with van der Waals surface area (Å²) < 4.78 is 11.0. The number of aliphatic imine (C=N–C) groups is 1. The third-order valence-corrected chi connectivity index (χ3v) is 4.24. The molecule has 152 valence electrons. The molecule has 0 amide bonds. The standard InChI is InChI=1S/C21H36N4O2/c1-6-7-8-12-25(4)21(22-2)23-18-19-10-9-11-20(17-19)27-16-14-24(3)13-15-26-5/h6,9-11,17H,1,7-8,12-16,18H2,2-5H3,(H,22,23). The fourth-order valence-corrected chi connectivity index (χ4v) is 2.57. The zero-order chi connectivity index (χ0) is 19.9. The Bertz CT molecular complexity index is 563. The van der Waals surface area contributed by atoms with E-state index < -0.39 is 0 Å². The van der Waals surface area contributed by atoms with Gasteiger partial charge in [0, 0.05) is 47.4 Å². The van der Waals surface area contributed by atoms with Crippen LogP contribution in [0, 0.1) is 0 Å². The molecule has 1 N–H and O–H groups in total. The van der Waals surface area contributed by atoms with Crippen LogP contribution in [0.4, 0.5) is 0 Å². The topological polar surface area (TPSA) is 49.3 Å². The Morgan fingerprint density at radius 1 is 1.22 bits per heavy atom. The van der Waals surface area contributed by atoms with Gasteiger partial charge in [-0.2, -0.15) is 0 Å². The van der Waals surface area contributed by atoms with E-state index in [9.17, 15) is 0 Å². The molecule has 0 saturated heterocycles. The molecule has 0 fully saturated rings. The third-order valence-electron chi connectivity index (χ3n) is 4.24. The molecule has 0 heterocycles. The summed E-state index contributed by atoms with van der Waals surface area (Å²) in [4.78, 5) is 8.69. The molecular weight excluding hydrogens is 340 g/mol. The largest absolute Gasteiger partial charge is 0.492 e. The average molecular weight is 377 g/mol. The van der Waals surface area contributed by atoms with Crippen molar-refractivity contribution in [1.29, 1.82) is 0 Å². The number of guanidine groups is 1. The molecule has 1 rings (SSSR count). The lowest BCUT2D eigenvalue weighted by atomic mass is 10.2. The number of nitrogens with zero attached hydrogens (tertiary/aromatic N) is 3. The quantitative estimate of drug-likeness (QED) is 0.248. The van der Waals surface area contributed by atoms with Crippen LogP contribution in [0.3, 0.4) is 0 Å². The molecule has 0 radical (unpaired) electrons. The van der Waals surface area contributed by atoms with Gasteiger partial charge in [-0.25, -0.2) is 0 Å². The predicted octanol–water partition coefficient (Wildman–Crippen LogP) is 2.62. The van der Waals surface area contributed by atoms with E-state index in [0.29, 0.717) is 13.2 Å². The number of rotatable bonds is 13. The van der Waals surface area contributed by atoms with Crippen LogP contribution in [0.25, 0.3) is 0 Å². The van der Waals surface area contributed by atoms with Crippen LogP contribution in [0.1, 0.15) is 18.4 Å². The maximum atomic E-state index is 5.88. The summed E-state index contributed by atoms with van der Waals surface area (Å²) >= 11 is 0. The van der Waals surface area contributed by atoms with Gasteiger partial charge in [-0.05, 0) is 37.6 Å². The second-order valence-corrected chi connectivity index (χ2v) is 6.55. The molecule has 0 saturated carbocycles. The SMILES string of the molecule is C=CCCCN(C)C(=NC)NCc1cccc(OCCN(C)CCOC)c1. The smallest absolute Gasteiger partial charge is 0.193 e. The number of benzene rings is 1. The minimum Gasteiger partial charge on any atom is -0.492 e. The minimum absolute atomic E-state index is 0.658. The number of allylic oxidation sites excluding steroid dienone is 1. The van der Waals surface area contributed by atoms with Gasteiger partial charge in [0.15, 0.2) is 5.96 Å². The van der Waals surface area contributed by atoms with E-state index in [2.05, 4.69) is 52.9 Å². The minimum atomic E-state index is 0.658. The van der Waals surface area contributed by atoms with Gasteiger partial charge in [0.05, 0.1) is 6.61 Å². The fraction of sp³-hybridized carbons (Fsp3) is 0.571. The number of hydrogen-bond donors (Lipinski definition) is 1. The molecule has 0 bridgehead atoms. The Morgan fingerprint density at radius 2 is 2.00 bits per heavy atom. The summed E-state index contributed by atoms with van der Waals surface area (Å²) in [5.74, 6) is 1.79. The molecule has 0 aliphatic carbocycles. The number of hydrogen-bond acceptors (Lipinski definition) is 4. The van der Waals surface area contributed by atoms with E-state index in [4.69, 9.17) is 9.47 Å². The Hall–Kier alpha value is -2.05. The van der Waals surface area contributed by atoms with Gasteiger partial charge in [0.25, 0.3) is 0 Å². The van der Waals surface area contributed by atoms with Gasteiger partial charge in [0.2, 0.25) is 0 Å². The number of nitrogens with one attached hydrogen (secondary N) is 1. The lowest BCUT2D eigenvalue weighted by Crippen LogP contribution is -2.38. The second kappa shape index (κ2) is 14.1. The van der Waals surface area contributed by atoms with Crippen LogP contribution in [0.15, 0.2) is 41.9 Å². The van der Waals surface area contributed by atoms with Gasteiger partial charge in [-0.15, -0.1) is 6.58 Å². The van der Waals surface area contributed by atoms with Crippen molar-refractivity contribution in [2.45, 2.75) is 19.4 Å². The van der Waals surface area contributed by atoms with E-state index >= 15 is 0 Å². The summed E-state index contributed by atoms with van der Waals surface area (Å²) in [6.07, 6.45) is 4.04. The lowest BCUT2D eigenvalue weighted by Gasteiger charge is -2.22. The van der Waals surface area contributed by atoms with Crippen molar-refractivity contribution in [3.8, 4) is 5.75 Å². The number of ether oxygens (including phenoxy) is 2. The van der Waals surface area contributed by atoms with Crippen molar-refractivity contribution in [3.05, 3.63) is 42.5 Å². The predicted molar refractivity (Wildman–Crippen MR) is 114 cm³/mol. The van der Waals surface area contributed by atoms with Crippen LogP contribution in [0.2, 0.25) is 0 Å². The first kappa shape index (κ1) is 23.0. The highest BCUT2D eigenvalue weighted by Crippen LogP contribution is 2.13. The maximum absolute atomic E-state index is 5.88. The summed E-state index contributed by atoms with van der Waals surface area (Å²) in [5.41, 5.74) is 1.17. The first-order chi connectivity index (χ1) is 13.1. The van der Waals surface area contributed by atoms with Crippen LogP contribution < -0.4 is 10.1 Å². The Labute approximate surface area is 164 Å². The van der Waals surface area contributed by atoms with Gasteiger partial charge >= 0.3 is 0 Å². The first-order valence-electron chi connectivity index (χ1n) is 9.52. The first-order valence-corrected chi connectivity index (χ1v) is 9.52. The van der Waals surface area contributed by atoms with Gasteiger partial charge < -0.3 is 24.6 Å². The van der Waals surface area contributed by atoms with Crippen molar-refractivity contribution in [2.24, 2.45) is 4.99 Å². The molecule has 0 atom stereocenters. The molecule has 0 aromatic heterocycles. The fourth-order valence-electron chi connectivity index (χ4n) is 2.57. The van der Waals surface area contributed by atoms with Crippen molar-refractivity contribution in [2.75, 3.05) is 61.1 Å². The highest BCUT2D eigenvalue weighted by molar-refractivity contribution is 5.79. The average Bonchev–Trinajstić information content (AvgIpc) is 2.67. The number of likely N-dealkylation sites (N-methyl/N-ethyl adjacent to an activating group) is 1. The Morgan fingerprint density at radius 3 is 2.70 bits per heavy atom. The van der Waals surface area contributed by atoms with Crippen molar-refractivity contribution < 1.29 is 9.47 Å². The van der Waals surface area contributed by atoms with E-state index in [0.717, 1.165) is 50.8 Å². The van der Waals surface area contributed by atoms with Crippen LogP contribution in [-0.4, -0.2) is 76.9 Å². The van der Waals surface area contributed by atoms with Gasteiger partial charge in [-0.3, -0.25) is 4.99 Å². The highest BCUT2D eigenvalue weighted by atomic mass is 16.5. The zero-order valence-electron chi connectivity index (χ0n) is 17.4. The van der Waals surface area contributed by atoms with Crippen LogP contribution in [0.5, 0.6) is 5.75 Å². The molecular formula is C21H36N4O2. The molecule has 0 aliphatic rings. The van der Waals surface area contributed by atoms with Gasteiger partial charge in [-0.1, -0.05) is 18.2 Å². The van der Waals surface area contributed by atoms with Crippen LogP contribution in [-0.2, 0) is 11.3 Å². The monoisotopic (exact) mass is 376 g/mol. The number of unbranched alkanes of at least 4 members (excludes halogenated alkanes) is 1. The molecule has 0 spiro atoms. The molecule has 0 unspecified atom stereocenters. The molecule has 1 aromatic carbocycles. The number of methoxy groups -OCH3 is 1. The summed E-state index contributed by atoms with van der Waals surface area (Å²) in [6.45, 7) is 8.60. The normalized spacial score (nSPS) is 11.5. The van der Waals surface area contributed by atoms with Gasteiger partial charge in [0.1, 0.15) is 12.4 Å². The summed E-state index contributed by atoms with van der Waals surface area (Å²) in [5, 5.41) is 3.41. The van der Waals surface area contributed by atoms with E-state index in [-0.39, 0.29) is 0 Å². The van der Waals surface area contributed by atoms with E-state index in [1.807, 2.05) is 25.3 Å². The second-order valence-electron chi connectivity index (χ2n) is 6.55. The molecule has 27 heavy (non-hydrogen) atoms. The summed E-state index contributed by atoms with van der Waals surface area (Å²) in [6, 6.07) is 8.19. The lowest BCUT2D eigenvalue weighted by molar-refractivity contribution is 0.150.